The third-order valence-corrected chi connectivity index (χ3v) is 18.2. The molecule has 108 heavy (non-hydrogen) atoms. The van der Waals surface area contributed by atoms with Gasteiger partial charge < -0.3 is 33.8 Å². The summed E-state index contributed by atoms with van der Waals surface area (Å²) in [4.78, 5) is 73.1. The fourth-order valence-electron chi connectivity index (χ4n) is 10.2. The van der Waals surface area contributed by atoms with Crippen molar-refractivity contribution in [2.24, 2.45) is 0 Å². The fraction of sp³-hybridized carbons (Fsp3) is 0.618. The van der Waals surface area contributed by atoms with E-state index >= 15 is 0 Å². The molecule has 0 fully saturated rings. The Balaban J connectivity index is 5.48. The van der Waals surface area contributed by atoms with Crippen LogP contribution in [0.15, 0.2) is 182 Å². The van der Waals surface area contributed by atoms with Gasteiger partial charge in [0.25, 0.3) is 0 Å². The van der Waals surface area contributed by atoms with Crippen LogP contribution in [-0.2, 0) is 65.4 Å². The molecule has 0 radical (unpaired) electrons. The third-order valence-electron chi connectivity index (χ3n) is 16.3. The standard InChI is InChI=1S/C89H144O17P2/c1-5-9-13-17-21-25-29-33-37-40-41-44-47-50-54-58-62-66-70-74-87(92)100-80-85(106-89(94)76-72-68-64-60-56-52-48-43-39-35-31-27-23-19-15-11-7-3)82-104-108(97,98)102-78-83(90)77-101-107(95,96)103-81-84(105-88(93)75-71-67-63-59-55-51-45-36-32-28-24-20-16-12-8-4)79-99-86(91)73-69-65-61-57-53-49-46-42-38-34-30-26-22-18-14-10-6-2/h9-11,13-15,21-28,33-39,41,44-46,48-49,52,57,61,83-85,90H,5-8,12,16-20,29-32,40,42-43,47,50-51,53-56,58-60,62-82H2,1-4H3,(H,95,96)(H,97,98)/b13-9-,14-10-,15-11-,25-21-,26-22-,27-23-,28-24-,37-33-,38-34-,39-35-,44-41-,45-36-,49-46-,52-48-,61-57-. The lowest BCUT2D eigenvalue weighted by Gasteiger charge is -2.21. The number of carbonyl (C=O) groups is 4. The molecule has 0 aliphatic heterocycles. The number of carbonyl (C=O) groups excluding carboxylic acids is 4. The molecule has 0 aromatic rings. The highest BCUT2D eigenvalue weighted by Gasteiger charge is 2.30. The van der Waals surface area contributed by atoms with Crippen LogP contribution in [0.4, 0.5) is 0 Å². The highest BCUT2D eigenvalue weighted by Crippen LogP contribution is 2.45. The summed E-state index contributed by atoms with van der Waals surface area (Å²) in [5, 5.41) is 10.7. The lowest BCUT2D eigenvalue weighted by molar-refractivity contribution is -0.161. The number of hydrogen-bond acceptors (Lipinski definition) is 15. The zero-order valence-electron chi connectivity index (χ0n) is 66.9. The number of hydrogen-bond donors (Lipinski definition) is 3. The van der Waals surface area contributed by atoms with Gasteiger partial charge in [0.05, 0.1) is 26.4 Å². The number of esters is 4. The van der Waals surface area contributed by atoms with E-state index in [4.69, 9.17) is 37.0 Å². The molecule has 0 rings (SSSR count). The number of phosphoric acid groups is 2. The molecule has 5 atom stereocenters. The summed E-state index contributed by atoms with van der Waals surface area (Å²) in [6, 6.07) is 0. The zero-order chi connectivity index (χ0) is 78.9. The van der Waals surface area contributed by atoms with Crippen LogP contribution in [-0.4, -0.2) is 96.7 Å². The summed E-state index contributed by atoms with van der Waals surface area (Å²) in [6.07, 6.45) is 95.8. The van der Waals surface area contributed by atoms with E-state index in [2.05, 4.69) is 198 Å². The Morgan fingerprint density at radius 2 is 0.491 bits per heavy atom. The maximum atomic E-state index is 13.1. The molecule has 0 aromatic carbocycles. The SMILES string of the molecule is CC/C=C\C/C=C\C/C=C\C/C=C\C/C=C\CCCC(=O)OCC(COP(=O)(O)OCC(O)COP(=O)(O)OCC(COC(=O)CCCCCCCC/C=C\C/C=C\C/C=C\C/C=C\CC)OC(=O)CCCCCC/C=C\C/C=C\C/C=C\C/C=C\CC)OC(=O)CCCCCCC/C=C\C/C=C\CCCCC. The van der Waals surface area contributed by atoms with E-state index in [-0.39, 0.29) is 25.7 Å². The molecule has 0 heterocycles. The van der Waals surface area contributed by atoms with Crippen molar-refractivity contribution in [2.45, 2.75) is 316 Å². The maximum Gasteiger partial charge on any atom is 0.472 e. The second kappa shape index (κ2) is 79.3. The van der Waals surface area contributed by atoms with Gasteiger partial charge in [0.1, 0.15) is 19.3 Å². The normalized spacial score (nSPS) is 14.8. The van der Waals surface area contributed by atoms with Gasteiger partial charge in [-0.15, -0.1) is 0 Å². The van der Waals surface area contributed by atoms with Crippen LogP contribution >= 0.6 is 15.6 Å². The fourth-order valence-corrected chi connectivity index (χ4v) is 11.8. The van der Waals surface area contributed by atoms with Gasteiger partial charge in [-0.05, 0) is 173 Å². The van der Waals surface area contributed by atoms with Crippen molar-refractivity contribution in [1.82, 2.24) is 0 Å². The average molecular weight is 1550 g/mol. The van der Waals surface area contributed by atoms with Gasteiger partial charge in [-0.25, -0.2) is 9.13 Å². The summed E-state index contributed by atoms with van der Waals surface area (Å²) < 4.78 is 68.6. The summed E-state index contributed by atoms with van der Waals surface area (Å²) in [7, 11) is -10.0. The first-order valence-electron chi connectivity index (χ1n) is 41.0. The van der Waals surface area contributed by atoms with Gasteiger partial charge in [-0.1, -0.05) is 281 Å². The van der Waals surface area contributed by atoms with Crippen LogP contribution in [0.5, 0.6) is 0 Å². The molecule has 0 spiro atoms. The number of aliphatic hydroxyl groups is 1. The Morgan fingerprint density at radius 3 is 0.778 bits per heavy atom. The maximum absolute atomic E-state index is 13.1. The summed E-state index contributed by atoms with van der Waals surface area (Å²) in [5.74, 6) is -2.31. The van der Waals surface area contributed by atoms with Gasteiger partial charge in [0.15, 0.2) is 12.2 Å². The number of allylic oxidation sites excluding steroid dienone is 30. The van der Waals surface area contributed by atoms with Gasteiger partial charge in [-0.3, -0.25) is 37.3 Å². The first-order valence-corrected chi connectivity index (χ1v) is 44.0. The van der Waals surface area contributed by atoms with E-state index in [0.29, 0.717) is 32.1 Å². The Labute approximate surface area is 654 Å². The molecule has 3 N–H and O–H groups in total. The predicted octanol–water partition coefficient (Wildman–Crippen LogP) is 24.3. The quantitative estimate of drug-likeness (QED) is 0.0169. The zero-order valence-corrected chi connectivity index (χ0v) is 68.7. The van der Waals surface area contributed by atoms with Crippen molar-refractivity contribution in [3.63, 3.8) is 0 Å². The van der Waals surface area contributed by atoms with Crippen molar-refractivity contribution in [1.29, 1.82) is 0 Å². The molecule has 0 aliphatic rings. The number of unbranched alkanes of at least 4 members (excludes halogenated alkanes) is 19. The molecule has 0 bridgehead atoms. The molecule has 5 unspecified atom stereocenters. The molecule has 17 nitrogen and oxygen atoms in total. The Kier molecular flexibility index (Phi) is 75.0. The predicted molar refractivity (Wildman–Crippen MR) is 445 cm³/mol. The van der Waals surface area contributed by atoms with Gasteiger partial charge in [-0.2, -0.15) is 0 Å². The van der Waals surface area contributed by atoms with E-state index in [9.17, 15) is 43.2 Å². The topological polar surface area (TPSA) is 237 Å². The summed E-state index contributed by atoms with van der Waals surface area (Å²) in [5.41, 5.74) is 0. The van der Waals surface area contributed by atoms with E-state index < -0.39 is 97.5 Å². The van der Waals surface area contributed by atoms with Crippen LogP contribution in [0.2, 0.25) is 0 Å². The van der Waals surface area contributed by atoms with E-state index in [1.165, 1.54) is 19.3 Å². The van der Waals surface area contributed by atoms with Crippen molar-refractivity contribution < 1.29 is 80.2 Å². The highest BCUT2D eigenvalue weighted by molar-refractivity contribution is 7.47. The first-order chi connectivity index (χ1) is 52.7. The lowest BCUT2D eigenvalue weighted by Crippen LogP contribution is -2.30. The Hall–Kier alpha value is -5.84. The molecule has 0 saturated heterocycles. The van der Waals surface area contributed by atoms with Crippen molar-refractivity contribution in [2.75, 3.05) is 39.6 Å². The highest BCUT2D eigenvalue weighted by atomic mass is 31.2. The minimum Gasteiger partial charge on any atom is -0.462 e. The summed E-state index contributed by atoms with van der Waals surface area (Å²) >= 11 is 0. The van der Waals surface area contributed by atoms with E-state index in [0.717, 1.165) is 193 Å². The average Bonchev–Trinajstić information content (AvgIpc) is 0.906. The van der Waals surface area contributed by atoms with Crippen molar-refractivity contribution >= 4 is 39.5 Å². The molecular weight excluding hydrogens is 1400 g/mol. The molecule has 19 heteroatoms. The van der Waals surface area contributed by atoms with Gasteiger partial charge >= 0.3 is 39.5 Å². The van der Waals surface area contributed by atoms with Gasteiger partial charge in [0.2, 0.25) is 0 Å². The monoisotopic (exact) mass is 1550 g/mol. The number of phosphoric ester groups is 2. The largest absolute Gasteiger partial charge is 0.472 e. The molecular formula is C89H144O17P2. The number of aliphatic hydroxyl groups excluding tert-OH is 1. The molecule has 0 aromatic heterocycles. The van der Waals surface area contributed by atoms with Crippen molar-refractivity contribution in [3.8, 4) is 0 Å². The summed E-state index contributed by atoms with van der Waals surface area (Å²) in [6.45, 7) is 4.38. The second-order valence-corrected chi connectivity index (χ2v) is 29.5. The molecule has 0 saturated carbocycles. The van der Waals surface area contributed by atoms with Crippen LogP contribution in [0.3, 0.4) is 0 Å². The van der Waals surface area contributed by atoms with Crippen LogP contribution in [0, 0.1) is 0 Å². The van der Waals surface area contributed by atoms with Crippen LogP contribution < -0.4 is 0 Å². The van der Waals surface area contributed by atoms with Crippen molar-refractivity contribution in [3.05, 3.63) is 182 Å². The first kappa shape index (κ1) is 102. The number of ether oxygens (including phenoxy) is 4. The minimum absolute atomic E-state index is 0.0550. The second-order valence-electron chi connectivity index (χ2n) is 26.6. The Morgan fingerprint density at radius 1 is 0.269 bits per heavy atom. The lowest BCUT2D eigenvalue weighted by atomic mass is 10.1. The molecule has 612 valence electrons. The number of rotatable bonds is 75. The van der Waals surface area contributed by atoms with Gasteiger partial charge in [0, 0.05) is 25.7 Å². The minimum atomic E-state index is -5.01. The molecule has 0 aliphatic carbocycles. The Bertz CT molecular complexity index is 2760. The smallest absolute Gasteiger partial charge is 0.462 e. The van der Waals surface area contributed by atoms with Crippen LogP contribution in [0.25, 0.3) is 0 Å². The van der Waals surface area contributed by atoms with E-state index in [1.54, 1.807) is 0 Å². The molecule has 0 amide bonds. The third kappa shape index (κ3) is 78.3. The van der Waals surface area contributed by atoms with Crippen LogP contribution in [0.1, 0.15) is 297 Å². The van der Waals surface area contributed by atoms with E-state index in [1.807, 2.05) is 12.2 Å².